The molecular formula is C20H22N2O2S. The fourth-order valence-electron chi connectivity index (χ4n) is 3.05. The molecule has 3 aromatic rings. The second-order valence-electron chi connectivity index (χ2n) is 5.91. The van der Waals surface area contributed by atoms with Crippen molar-refractivity contribution in [2.75, 3.05) is 31.5 Å². The molecule has 0 saturated heterocycles. The highest BCUT2D eigenvalue weighted by Crippen LogP contribution is 2.31. The lowest BCUT2D eigenvalue weighted by atomic mass is 10.1. The van der Waals surface area contributed by atoms with Crippen molar-refractivity contribution in [2.45, 2.75) is 13.8 Å². The minimum absolute atomic E-state index is 0.0154. The molecule has 130 valence electrons. The van der Waals surface area contributed by atoms with Gasteiger partial charge in [-0.25, -0.2) is 0 Å². The first-order valence-corrected chi connectivity index (χ1v) is 9.41. The van der Waals surface area contributed by atoms with Crippen molar-refractivity contribution < 1.29 is 4.79 Å². The molecule has 0 radical (unpaired) electrons. The van der Waals surface area contributed by atoms with E-state index in [2.05, 4.69) is 24.1 Å². The average Bonchev–Trinajstić information content (AvgIpc) is 2.65. The zero-order valence-electron chi connectivity index (χ0n) is 14.5. The van der Waals surface area contributed by atoms with Gasteiger partial charge in [0.25, 0.3) is 0 Å². The van der Waals surface area contributed by atoms with Gasteiger partial charge in [0.2, 0.25) is 0 Å². The van der Waals surface area contributed by atoms with Crippen LogP contribution < -0.4 is 10.7 Å². The largest absolute Gasteiger partial charge is 0.383 e. The Morgan fingerprint density at radius 1 is 1.12 bits per heavy atom. The van der Waals surface area contributed by atoms with Crippen LogP contribution >= 0.6 is 11.3 Å². The number of nitrogens with one attached hydrogen (secondary N) is 1. The molecule has 1 N–H and O–H groups in total. The molecule has 0 spiro atoms. The van der Waals surface area contributed by atoms with E-state index in [0.717, 1.165) is 47.6 Å². The predicted octanol–water partition coefficient (Wildman–Crippen LogP) is 3.98. The number of benzene rings is 2. The second kappa shape index (κ2) is 7.76. The standard InChI is InChI=1S/C20H22N2O2S/c1-3-22(4-2)12-11-21-16-10-9-14(13-23)20-18(16)19(24)15-7-5-6-8-17(15)25-20/h5-10,13,21H,3-4,11-12H2,1-2H3. The summed E-state index contributed by atoms with van der Waals surface area (Å²) in [6, 6.07) is 11.2. The third-order valence-electron chi connectivity index (χ3n) is 4.52. The summed E-state index contributed by atoms with van der Waals surface area (Å²) in [6.07, 6.45) is 0.826. The fourth-order valence-corrected chi connectivity index (χ4v) is 4.23. The molecule has 0 fully saturated rings. The first-order chi connectivity index (χ1) is 12.2. The second-order valence-corrected chi connectivity index (χ2v) is 6.96. The predicted molar refractivity (Wildman–Crippen MR) is 107 cm³/mol. The highest BCUT2D eigenvalue weighted by molar-refractivity contribution is 7.25. The number of rotatable bonds is 7. The van der Waals surface area contributed by atoms with Gasteiger partial charge in [-0.3, -0.25) is 9.59 Å². The van der Waals surface area contributed by atoms with Crippen molar-refractivity contribution in [3.8, 4) is 0 Å². The van der Waals surface area contributed by atoms with Crippen molar-refractivity contribution in [2.24, 2.45) is 0 Å². The lowest BCUT2D eigenvalue weighted by molar-refractivity contribution is 0.112. The van der Waals surface area contributed by atoms with Crippen molar-refractivity contribution in [3.63, 3.8) is 0 Å². The summed E-state index contributed by atoms with van der Waals surface area (Å²) in [6.45, 7) is 7.96. The summed E-state index contributed by atoms with van der Waals surface area (Å²) >= 11 is 1.50. The summed E-state index contributed by atoms with van der Waals surface area (Å²) < 4.78 is 1.66. The number of carbonyl (C=O) groups is 1. The van der Waals surface area contributed by atoms with Crippen LogP contribution in [-0.2, 0) is 0 Å². The molecule has 0 unspecified atom stereocenters. The Hall–Kier alpha value is -2.24. The zero-order valence-corrected chi connectivity index (χ0v) is 15.4. The molecule has 25 heavy (non-hydrogen) atoms. The van der Waals surface area contributed by atoms with Crippen molar-refractivity contribution >= 4 is 43.5 Å². The Kier molecular flexibility index (Phi) is 5.46. The van der Waals surface area contributed by atoms with Gasteiger partial charge in [-0.15, -0.1) is 11.3 Å². The van der Waals surface area contributed by atoms with Gasteiger partial charge >= 0.3 is 0 Å². The van der Waals surface area contributed by atoms with Crippen LogP contribution in [0.5, 0.6) is 0 Å². The number of anilines is 1. The quantitative estimate of drug-likeness (QED) is 0.515. The Morgan fingerprint density at radius 3 is 2.60 bits per heavy atom. The summed E-state index contributed by atoms with van der Waals surface area (Å²) in [7, 11) is 0. The van der Waals surface area contributed by atoms with Crippen LogP contribution in [0, 0.1) is 0 Å². The van der Waals surface area contributed by atoms with E-state index in [1.54, 1.807) is 6.07 Å². The maximum absolute atomic E-state index is 13.0. The van der Waals surface area contributed by atoms with E-state index >= 15 is 0 Å². The Morgan fingerprint density at radius 2 is 1.88 bits per heavy atom. The molecule has 0 amide bonds. The van der Waals surface area contributed by atoms with Gasteiger partial charge < -0.3 is 10.2 Å². The highest BCUT2D eigenvalue weighted by Gasteiger charge is 2.13. The van der Waals surface area contributed by atoms with Crippen molar-refractivity contribution in [1.82, 2.24) is 4.90 Å². The highest BCUT2D eigenvalue weighted by atomic mass is 32.1. The number of nitrogens with zero attached hydrogens (tertiary/aromatic N) is 1. The van der Waals surface area contributed by atoms with E-state index in [1.165, 1.54) is 11.3 Å². The molecule has 1 heterocycles. The number of aldehydes is 1. The Balaban J connectivity index is 2.08. The van der Waals surface area contributed by atoms with Gasteiger partial charge in [-0.1, -0.05) is 26.0 Å². The molecule has 0 atom stereocenters. The van der Waals surface area contributed by atoms with Crippen LogP contribution in [0.3, 0.4) is 0 Å². The van der Waals surface area contributed by atoms with Crippen LogP contribution in [-0.4, -0.2) is 37.4 Å². The summed E-state index contributed by atoms with van der Waals surface area (Å²) in [5.74, 6) is 0. The molecule has 3 rings (SSSR count). The lowest BCUT2D eigenvalue weighted by Gasteiger charge is -2.19. The SMILES string of the molecule is CCN(CC)CCNc1ccc(C=O)c2sc3ccccc3c(=O)c12. The summed E-state index contributed by atoms with van der Waals surface area (Å²) in [5, 5.41) is 4.71. The normalized spacial score (nSPS) is 11.3. The molecule has 0 saturated carbocycles. The van der Waals surface area contributed by atoms with Gasteiger partial charge in [0.15, 0.2) is 11.7 Å². The van der Waals surface area contributed by atoms with Crippen LogP contribution in [0.25, 0.3) is 20.2 Å². The monoisotopic (exact) mass is 354 g/mol. The van der Waals surface area contributed by atoms with Gasteiger partial charge in [0.1, 0.15) is 0 Å². The molecule has 0 aliphatic carbocycles. The minimum Gasteiger partial charge on any atom is -0.383 e. The van der Waals surface area contributed by atoms with E-state index in [1.807, 2.05) is 30.3 Å². The first-order valence-electron chi connectivity index (χ1n) is 8.59. The molecule has 0 aliphatic rings. The lowest BCUT2D eigenvalue weighted by Crippen LogP contribution is -2.28. The maximum Gasteiger partial charge on any atom is 0.197 e. The topological polar surface area (TPSA) is 49.4 Å². The Bertz CT molecular complexity index is 961. The van der Waals surface area contributed by atoms with E-state index in [0.29, 0.717) is 16.3 Å². The number of likely N-dealkylation sites (N-methyl/N-ethyl adjacent to an activating group) is 1. The molecule has 0 bridgehead atoms. The first kappa shape index (κ1) is 17.6. The Labute approximate surface area is 151 Å². The molecule has 5 heteroatoms. The van der Waals surface area contributed by atoms with Gasteiger partial charge in [-0.05, 0) is 37.4 Å². The summed E-state index contributed by atoms with van der Waals surface area (Å²) in [4.78, 5) is 26.8. The van der Waals surface area contributed by atoms with Crippen molar-refractivity contribution in [1.29, 1.82) is 0 Å². The van der Waals surface area contributed by atoms with E-state index < -0.39 is 0 Å². The number of fused-ring (bicyclic) bond motifs is 2. The fraction of sp³-hybridized carbons (Fsp3) is 0.300. The number of hydrogen-bond acceptors (Lipinski definition) is 5. The molecule has 4 nitrogen and oxygen atoms in total. The zero-order chi connectivity index (χ0) is 17.8. The number of hydrogen-bond donors (Lipinski definition) is 1. The smallest absolute Gasteiger partial charge is 0.197 e. The van der Waals surface area contributed by atoms with Crippen LogP contribution in [0.4, 0.5) is 5.69 Å². The molecule has 0 aliphatic heterocycles. The van der Waals surface area contributed by atoms with Gasteiger partial charge in [0, 0.05) is 34.4 Å². The molecule has 1 aromatic heterocycles. The van der Waals surface area contributed by atoms with Gasteiger partial charge in [0.05, 0.1) is 10.1 Å². The number of carbonyl (C=O) groups excluding carboxylic acids is 1. The average molecular weight is 354 g/mol. The minimum atomic E-state index is -0.0154. The van der Waals surface area contributed by atoms with E-state index in [9.17, 15) is 9.59 Å². The van der Waals surface area contributed by atoms with E-state index in [-0.39, 0.29) is 5.43 Å². The maximum atomic E-state index is 13.0. The molecule has 2 aromatic carbocycles. The van der Waals surface area contributed by atoms with Crippen molar-refractivity contribution in [3.05, 3.63) is 52.2 Å². The summed E-state index contributed by atoms with van der Waals surface area (Å²) in [5.41, 5.74) is 1.36. The third kappa shape index (κ3) is 3.43. The van der Waals surface area contributed by atoms with Gasteiger partial charge in [-0.2, -0.15) is 0 Å². The molecular weight excluding hydrogens is 332 g/mol. The van der Waals surface area contributed by atoms with Crippen LogP contribution in [0.2, 0.25) is 0 Å². The third-order valence-corrected chi connectivity index (χ3v) is 5.74. The van der Waals surface area contributed by atoms with Crippen LogP contribution in [0.15, 0.2) is 41.2 Å². The van der Waals surface area contributed by atoms with E-state index in [4.69, 9.17) is 0 Å². The van der Waals surface area contributed by atoms with Crippen LogP contribution in [0.1, 0.15) is 24.2 Å².